The van der Waals surface area contributed by atoms with Gasteiger partial charge in [0, 0.05) is 13.1 Å². The van der Waals surface area contributed by atoms with Gasteiger partial charge in [0.25, 0.3) is 0 Å². The van der Waals surface area contributed by atoms with Crippen LogP contribution in [0.1, 0.15) is 40.5 Å². The first-order chi connectivity index (χ1) is 8.70. The number of carboxylic acids is 1. The molecule has 1 unspecified atom stereocenters. The van der Waals surface area contributed by atoms with Gasteiger partial charge in [0.15, 0.2) is 0 Å². The number of carbonyl (C=O) groups excluding carboxylic acids is 1. The number of rotatable bonds is 5. The first kappa shape index (κ1) is 16.0. The summed E-state index contributed by atoms with van der Waals surface area (Å²) < 4.78 is 0. The lowest BCUT2D eigenvalue weighted by Gasteiger charge is -2.29. The first-order valence-corrected chi connectivity index (χ1v) is 6.98. The summed E-state index contributed by atoms with van der Waals surface area (Å²) in [6.07, 6.45) is 1.15. The van der Waals surface area contributed by atoms with Crippen LogP contribution in [0.5, 0.6) is 0 Å². The third kappa shape index (κ3) is 3.26. The van der Waals surface area contributed by atoms with Gasteiger partial charge in [-0.3, -0.25) is 9.59 Å². The minimum absolute atomic E-state index is 0.00382. The van der Waals surface area contributed by atoms with E-state index < -0.39 is 17.4 Å². The largest absolute Gasteiger partial charge is 0.481 e. The molecular weight excluding hydrogens is 244 g/mol. The van der Waals surface area contributed by atoms with Crippen molar-refractivity contribution in [3.05, 3.63) is 0 Å². The van der Waals surface area contributed by atoms with Crippen molar-refractivity contribution in [2.45, 2.75) is 46.6 Å². The van der Waals surface area contributed by atoms with Gasteiger partial charge in [0.1, 0.15) is 0 Å². The van der Waals surface area contributed by atoms with Crippen LogP contribution in [0.25, 0.3) is 0 Å². The molecule has 110 valence electrons. The summed E-state index contributed by atoms with van der Waals surface area (Å²) in [7, 11) is 0. The molecule has 0 aliphatic carbocycles. The van der Waals surface area contributed by atoms with E-state index in [1.165, 1.54) is 0 Å². The Kier molecular flexibility index (Phi) is 4.96. The molecule has 0 bridgehead atoms. The fourth-order valence-electron chi connectivity index (χ4n) is 2.76. The Labute approximate surface area is 115 Å². The molecule has 5 nitrogen and oxygen atoms in total. The molecule has 19 heavy (non-hydrogen) atoms. The lowest BCUT2D eigenvalue weighted by molar-refractivity contribution is -0.151. The van der Waals surface area contributed by atoms with E-state index >= 15 is 0 Å². The molecule has 2 atom stereocenters. The lowest BCUT2D eigenvalue weighted by Crippen LogP contribution is -2.46. The molecule has 0 aromatic heterocycles. The van der Waals surface area contributed by atoms with Crippen LogP contribution in [0.15, 0.2) is 0 Å². The van der Waals surface area contributed by atoms with Crippen molar-refractivity contribution in [3.8, 4) is 0 Å². The first-order valence-electron chi connectivity index (χ1n) is 6.98. The molecule has 1 amide bonds. The maximum atomic E-state index is 12.2. The monoisotopic (exact) mass is 270 g/mol. The molecule has 1 aliphatic rings. The molecule has 1 heterocycles. The van der Waals surface area contributed by atoms with E-state index in [2.05, 4.69) is 0 Å². The van der Waals surface area contributed by atoms with Gasteiger partial charge >= 0.3 is 5.97 Å². The van der Waals surface area contributed by atoms with Crippen molar-refractivity contribution >= 4 is 11.9 Å². The summed E-state index contributed by atoms with van der Waals surface area (Å²) >= 11 is 0. The number of aliphatic carboxylic acids is 1. The molecule has 0 saturated carbocycles. The van der Waals surface area contributed by atoms with Crippen molar-refractivity contribution < 1.29 is 14.7 Å². The van der Waals surface area contributed by atoms with Crippen molar-refractivity contribution in [1.29, 1.82) is 0 Å². The van der Waals surface area contributed by atoms with E-state index in [0.717, 1.165) is 0 Å². The summed E-state index contributed by atoms with van der Waals surface area (Å²) in [6, 6.07) is -0.517. The molecule has 1 saturated heterocycles. The SMILES string of the molecule is CC(C)C[C@@H](N)C(=O)N1CCC(C(=O)O)(C(C)C)C1. The fraction of sp³-hybridized carbons (Fsp3) is 0.857. The van der Waals surface area contributed by atoms with Gasteiger partial charge in [-0.15, -0.1) is 0 Å². The smallest absolute Gasteiger partial charge is 0.311 e. The standard InChI is InChI=1S/C14H26N2O3/c1-9(2)7-11(15)12(17)16-6-5-14(8-16,10(3)4)13(18)19/h9-11H,5-8,15H2,1-4H3,(H,18,19)/t11-,14?/m1/s1. The minimum atomic E-state index is -0.812. The van der Waals surface area contributed by atoms with Crippen LogP contribution in [0.3, 0.4) is 0 Å². The number of carbonyl (C=O) groups is 2. The summed E-state index contributed by atoms with van der Waals surface area (Å²) in [5.74, 6) is -0.562. The molecule has 0 radical (unpaired) electrons. The van der Waals surface area contributed by atoms with Crippen LogP contribution < -0.4 is 5.73 Å². The molecular formula is C14H26N2O3. The average molecular weight is 270 g/mol. The highest BCUT2D eigenvalue weighted by molar-refractivity contribution is 5.84. The van der Waals surface area contributed by atoms with Crippen LogP contribution >= 0.6 is 0 Å². The summed E-state index contributed by atoms with van der Waals surface area (Å²) in [5, 5.41) is 9.45. The van der Waals surface area contributed by atoms with Gasteiger partial charge in [-0.05, 0) is 24.7 Å². The Balaban J connectivity index is 2.74. The summed E-state index contributed by atoms with van der Waals surface area (Å²) in [5.41, 5.74) is 5.09. The van der Waals surface area contributed by atoms with Gasteiger partial charge in [0.2, 0.25) is 5.91 Å². The third-order valence-corrected chi connectivity index (χ3v) is 4.19. The van der Waals surface area contributed by atoms with Gasteiger partial charge in [-0.25, -0.2) is 0 Å². The Morgan fingerprint density at radius 1 is 1.32 bits per heavy atom. The summed E-state index contributed by atoms with van der Waals surface area (Å²) in [4.78, 5) is 25.4. The second-order valence-corrected chi connectivity index (χ2v) is 6.36. The Bertz CT molecular complexity index is 355. The number of amides is 1. The predicted molar refractivity (Wildman–Crippen MR) is 73.5 cm³/mol. The number of nitrogens with zero attached hydrogens (tertiary/aromatic N) is 1. The van der Waals surface area contributed by atoms with Gasteiger partial charge in [-0.2, -0.15) is 0 Å². The maximum absolute atomic E-state index is 12.2. The minimum Gasteiger partial charge on any atom is -0.481 e. The predicted octanol–water partition coefficient (Wildman–Crippen LogP) is 1.32. The van der Waals surface area contributed by atoms with Crippen LogP contribution in [0, 0.1) is 17.3 Å². The fourth-order valence-corrected chi connectivity index (χ4v) is 2.76. The van der Waals surface area contributed by atoms with Gasteiger partial charge in [0.05, 0.1) is 11.5 Å². The van der Waals surface area contributed by atoms with Crippen LogP contribution in [-0.4, -0.2) is 41.0 Å². The van der Waals surface area contributed by atoms with Crippen LogP contribution in [0.2, 0.25) is 0 Å². The van der Waals surface area contributed by atoms with E-state index in [1.54, 1.807) is 4.90 Å². The van der Waals surface area contributed by atoms with Gasteiger partial charge in [-0.1, -0.05) is 27.7 Å². The van der Waals surface area contributed by atoms with Crippen LogP contribution in [-0.2, 0) is 9.59 Å². The molecule has 5 heteroatoms. The van der Waals surface area contributed by atoms with Crippen molar-refractivity contribution in [1.82, 2.24) is 4.90 Å². The average Bonchev–Trinajstić information content (AvgIpc) is 2.72. The topological polar surface area (TPSA) is 83.6 Å². The highest BCUT2D eigenvalue weighted by Crippen LogP contribution is 2.38. The molecule has 3 N–H and O–H groups in total. The second kappa shape index (κ2) is 5.90. The zero-order valence-electron chi connectivity index (χ0n) is 12.3. The Hall–Kier alpha value is -1.10. The highest BCUT2D eigenvalue weighted by Gasteiger charge is 2.48. The number of nitrogens with two attached hydrogens (primary N) is 1. The molecule has 0 aromatic carbocycles. The van der Waals surface area contributed by atoms with E-state index in [9.17, 15) is 14.7 Å². The lowest BCUT2D eigenvalue weighted by atomic mass is 9.76. The Morgan fingerprint density at radius 3 is 2.26 bits per heavy atom. The zero-order valence-corrected chi connectivity index (χ0v) is 12.3. The quantitative estimate of drug-likeness (QED) is 0.789. The Morgan fingerprint density at radius 2 is 1.89 bits per heavy atom. The van der Waals surface area contributed by atoms with E-state index in [1.807, 2.05) is 27.7 Å². The van der Waals surface area contributed by atoms with E-state index in [-0.39, 0.29) is 18.4 Å². The number of hydrogen-bond acceptors (Lipinski definition) is 3. The second-order valence-electron chi connectivity index (χ2n) is 6.36. The van der Waals surface area contributed by atoms with Crippen molar-refractivity contribution in [2.75, 3.05) is 13.1 Å². The zero-order chi connectivity index (χ0) is 14.8. The molecule has 0 spiro atoms. The van der Waals surface area contributed by atoms with Crippen LogP contribution in [0.4, 0.5) is 0 Å². The number of carboxylic acid groups (broad SMARTS) is 1. The normalized spacial score (nSPS) is 25.1. The molecule has 1 fully saturated rings. The van der Waals surface area contributed by atoms with E-state index in [0.29, 0.717) is 25.3 Å². The summed E-state index contributed by atoms with van der Waals surface area (Å²) in [6.45, 7) is 8.62. The molecule has 0 aromatic rings. The van der Waals surface area contributed by atoms with E-state index in [4.69, 9.17) is 5.73 Å². The van der Waals surface area contributed by atoms with Gasteiger partial charge < -0.3 is 15.7 Å². The maximum Gasteiger partial charge on any atom is 0.311 e. The van der Waals surface area contributed by atoms with Crippen molar-refractivity contribution in [3.63, 3.8) is 0 Å². The number of hydrogen-bond donors (Lipinski definition) is 2. The molecule has 1 aliphatic heterocycles. The third-order valence-electron chi connectivity index (χ3n) is 4.19. The number of likely N-dealkylation sites (tertiary alicyclic amines) is 1. The molecule has 1 rings (SSSR count). The highest BCUT2D eigenvalue weighted by atomic mass is 16.4. The van der Waals surface area contributed by atoms with Crippen molar-refractivity contribution in [2.24, 2.45) is 23.0 Å².